The Hall–Kier alpha value is -1.51. The normalized spacial score (nSPS) is 18.3. The van der Waals surface area contributed by atoms with Crippen LogP contribution in [0.2, 0.25) is 0 Å². The van der Waals surface area contributed by atoms with Crippen LogP contribution < -0.4 is 4.74 Å². The van der Waals surface area contributed by atoms with Gasteiger partial charge in [0.05, 0.1) is 0 Å². The lowest BCUT2D eigenvalue weighted by Crippen LogP contribution is -2.46. The largest absolute Gasteiger partial charge is 0.478 e. The monoisotopic (exact) mass is 248 g/mol. The summed E-state index contributed by atoms with van der Waals surface area (Å²) in [4.78, 5) is 11.5. The van der Waals surface area contributed by atoms with Gasteiger partial charge in [-0.1, -0.05) is 25.5 Å². The number of aryl methyl sites for hydroxylation is 1. The van der Waals surface area contributed by atoms with Crippen molar-refractivity contribution in [3.63, 3.8) is 0 Å². The van der Waals surface area contributed by atoms with E-state index in [1.54, 1.807) is 0 Å². The maximum absolute atomic E-state index is 11.5. The van der Waals surface area contributed by atoms with Crippen molar-refractivity contribution in [3.8, 4) is 5.75 Å². The fourth-order valence-electron chi connectivity index (χ4n) is 2.54. The second kappa shape index (κ2) is 5.42. The van der Waals surface area contributed by atoms with E-state index in [9.17, 15) is 9.90 Å². The van der Waals surface area contributed by atoms with Gasteiger partial charge in [0, 0.05) is 0 Å². The van der Waals surface area contributed by atoms with Crippen molar-refractivity contribution in [2.24, 2.45) is 0 Å². The van der Waals surface area contributed by atoms with E-state index in [2.05, 4.69) is 6.92 Å². The molecule has 3 heteroatoms. The SMILES string of the molecule is CCc1cccc(OC2(C(=O)O)CCCCC2)c1. The predicted molar refractivity (Wildman–Crippen MR) is 69.9 cm³/mol. The summed E-state index contributed by atoms with van der Waals surface area (Å²) in [6, 6.07) is 7.74. The lowest BCUT2D eigenvalue weighted by Gasteiger charge is -2.33. The highest BCUT2D eigenvalue weighted by molar-refractivity contribution is 5.78. The fraction of sp³-hybridized carbons (Fsp3) is 0.533. The lowest BCUT2D eigenvalue weighted by atomic mass is 9.84. The maximum atomic E-state index is 11.5. The van der Waals surface area contributed by atoms with Crippen molar-refractivity contribution < 1.29 is 14.6 Å². The third-order valence-electron chi connectivity index (χ3n) is 3.67. The molecule has 0 atom stereocenters. The molecule has 0 radical (unpaired) electrons. The van der Waals surface area contributed by atoms with Crippen LogP contribution in [-0.4, -0.2) is 16.7 Å². The molecule has 0 amide bonds. The van der Waals surface area contributed by atoms with Gasteiger partial charge in [-0.05, 0) is 49.8 Å². The molecule has 0 spiro atoms. The summed E-state index contributed by atoms with van der Waals surface area (Å²) in [7, 11) is 0. The molecule has 1 aliphatic carbocycles. The smallest absolute Gasteiger partial charge is 0.348 e. The van der Waals surface area contributed by atoms with Gasteiger partial charge in [0.1, 0.15) is 5.75 Å². The van der Waals surface area contributed by atoms with Gasteiger partial charge in [-0.25, -0.2) is 4.79 Å². The molecular weight excluding hydrogens is 228 g/mol. The highest BCUT2D eigenvalue weighted by Gasteiger charge is 2.42. The van der Waals surface area contributed by atoms with Crippen LogP contribution >= 0.6 is 0 Å². The average Bonchev–Trinajstić information content (AvgIpc) is 2.40. The van der Waals surface area contributed by atoms with Crippen LogP contribution in [0.4, 0.5) is 0 Å². The highest BCUT2D eigenvalue weighted by Crippen LogP contribution is 2.33. The molecule has 0 saturated heterocycles. The molecule has 1 aromatic carbocycles. The summed E-state index contributed by atoms with van der Waals surface area (Å²) >= 11 is 0. The van der Waals surface area contributed by atoms with E-state index in [0.717, 1.165) is 25.7 Å². The summed E-state index contributed by atoms with van der Waals surface area (Å²) in [5, 5.41) is 9.45. The number of rotatable bonds is 4. The zero-order valence-electron chi connectivity index (χ0n) is 10.8. The number of carboxylic acids is 1. The van der Waals surface area contributed by atoms with E-state index in [0.29, 0.717) is 18.6 Å². The Labute approximate surface area is 108 Å². The van der Waals surface area contributed by atoms with Gasteiger partial charge in [0.15, 0.2) is 0 Å². The van der Waals surface area contributed by atoms with E-state index in [-0.39, 0.29) is 0 Å². The minimum atomic E-state index is -1.01. The Morgan fingerprint density at radius 3 is 2.67 bits per heavy atom. The molecule has 0 aliphatic heterocycles. The number of carbonyl (C=O) groups is 1. The summed E-state index contributed by atoms with van der Waals surface area (Å²) < 4.78 is 5.85. The molecule has 1 fully saturated rings. The first-order valence-corrected chi connectivity index (χ1v) is 6.68. The minimum Gasteiger partial charge on any atom is -0.478 e. The van der Waals surface area contributed by atoms with Crippen molar-refractivity contribution in [2.45, 2.75) is 51.0 Å². The number of carboxylic acid groups (broad SMARTS) is 1. The van der Waals surface area contributed by atoms with Crippen LogP contribution in [-0.2, 0) is 11.2 Å². The van der Waals surface area contributed by atoms with Crippen molar-refractivity contribution >= 4 is 5.97 Å². The number of hydrogen-bond donors (Lipinski definition) is 1. The third-order valence-corrected chi connectivity index (χ3v) is 3.67. The van der Waals surface area contributed by atoms with Crippen molar-refractivity contribution in [3.05, 3.63) is 29.8 Å². The van der Waals surface area contributed by atoms with Gasteiger partial charge < -0.3 is 9.84 Å². The van der Waals surface area contributed by atoms with E-state index in [1.165, 1.54) is 5.56 Å². The summed E-state index contributed by atoms with van der Waals surface area (Å²) in [5.74, 6) is -0.150. The average molecular weight is 248 g/mol. The molecule has 0 bridgehead atoms. The third kappa shape index (κ3) is 2.66. The standard InChI is InChI=1S/C15H20O3/c1-2-12-7-6-8-13(11-12)18-15(14(16)17)9-4-3-5-10-15/h6-8,11H,2-5,9-10H2,1H3,(H,16,17). The minimum absolute atomic E-state index is 0.610. The Bertz CT molecular complexity index is 420. The molecule has 0 unspecified atom stereocenters. The van der Waals surface area contributed by atoms with Gasteiger partial charge in [-0.15, -0.1) is 0 Å². The van der Waals surface area contributed by atoms with Crippen LogP contribution in [0.3, 0.4) is 0 Å². The summed E-state index contributed by atoms with van der Waals surface area (Å²) in [6.45, 7) is 2.08. The fourth-order valence-corrected chi connectivity index (χ4v) is 2.54. The van der Waals surface area contributed by atoms with E-state index < -0.39 is 11.6 Å². The van der Waals surface area contributed by atoms with Gasteiger partial charge in [-0.3, -0.25) is 0 Å². The van der Waals surface area contributed by atoms with Crippen molar-refractivity contribution in [1.82, 2.24) is 0 Å². The molecule has 3 nitrogen and oxygen atoms in total. The van der Waals surface area contributed by atoms with Crippen molar-refractivity contribution in [1.29, 1.82) is 0 Å². The first-order valence-electron chi connectivity index (χ1n) is 6.68. The van der Waals surface area contributed by atoms with Crippen LogP contribution in [0.15, 0.2) is 24.3 Å². The second-order valence-corrected chi connectivity index (χ2v) is 4.96. The molecule has 18 heavy (non-hydrogen) atoms. The summed E-state index contributed by atoms with van der Waals surface area (Å²) in [6.07, 6.45) is 5.11. The molecule has 1 aliphatic rings. The van der Waals surface area contributed by atoms with Crippen LogP contribution in [0.25, 0.3) is 0 Å². The molecule has 98 valence electrons. The first kappa shape index (κ1) is 12.9. The lowest BCUT2D eigenvalue weighted by molar-refractivity contribution is -0.158. The van der Waals surface area contributed by atoms with E-state index in [4.69, 9.17) is 4.74 Å². The molecule has 2 rings (SSSR count). The maximum Gasteiger partial charge on any atom is 0.348 e. The molecule has 1 aromatic rings. The van der Waals surface area contributed by atoms with Crippen molar-refractivity contribution in [2.75, 3.05) is 0 Å². The van der Waals surface area contributed by atoms with Crippen LogP contribution in [0.5, 0.6) is 5.75 Å². The van der Waals surface area contributed by atoms with Crippen LogP contribution in [0, 0.1) is 0 Å². The molecule has 0 aromatic heterocycles. The molecule has 1 N–H and O–H groups in total. The van der Waals surface area contributed by atoms with E-state index in [1.807, 2.05) is 24.3 Å². The zero-order valence-corrected chi connectivity index (χ0v) is 10.8. The molecule has 1 saturated carbocycles. The molecule has 0 heterocycles. The highest BCUT2D eigenvalue weighted by atomic mass is 16.5. The molecular formula is C15H20O3. The Morgan fingerprint density at radius 2 is 2.06 bits per heavy atom. The van der Waals surface area contributed by atoms with Gasteiger partial charge in [-0.2, -0.15) is 0 Å². The predicted octanol–water partition coefficient (Wildman–Crippen LogP) is 3.42. The first-order chi connectivity index (χ1) is 8.66. The van der Waals surface area contributed by atoms with E-state index >= 15 is 0 Å². The summed E-state index contributed by atoms with van der Waals surface area (Å²) in [5.41, 5.74) is 0.161. The number of benzene rings is 1. The van der Waals surface area contributed by atoms with Gasteiger partial charge in [0.2, 0.25) is 5.60 Å². The number of hydrogen-bond acceptors (Lipinski definition) is 2. The van der Waals surface area contributed by atoms with Gasteiger partial charge >= 0.3 is 5.97 Å². The Morgan fingerprint density at radius 1 is 1.33 bits per heavy atom. The number of aliphatic carboxylic acids is 1. The van der Waals surface area contributed by atoms with Gasteiger partial charge in [0.25, 0.3) is 0 Å². The Balaban J connectivity index is 2.20. The number of ether oxygens (including phenoxy) is 1. The van der Waals surface area contributed by atoms with Crippen LogP contribution in [0.1, 0.15) is 44.6 Å². The topological polar surface area (TPSA) is 46.5 Å². The quantitative estimate of drug-likeness (QED) is 0.888. The zero-order chi connectivity index (χ0) is 13.0. The second-order valence-electron chi connectivity index (χ2n) is 4.96. The Kier molecular flexibility index (Phi) is 3.90.